The Morgan fingerprint density at radius 2 is 1.56 bits per heavy atom. The van der Waals surface area contributed by atoms with Gasteiger partial charge in [-0.05, 0) is 128 Å². The van der Waals surface area contributed by atoms with Crippen molar-refractivity contribution in [1.29, 1.82) is 0 Å². The fourth-order valence-electron chi connectivity index (χ4n) is 9.63. The van der Waals surface area contributed by atoms with Crippen molar-refractivity contribution >= 4 is 23.4 Å². The first-order valence-corrected chi connectivity index (χ1v) is 19.4. The Balaban J connectivity index is 0.734. The Morgan fingerprint density at radius 3 is 2.33 bits per heavy atom. The number of fused-ring (bicyclic) bond motifs is 2. The summed E-state index contributed by atoms with van der Waals surface area (Å²) in [5.74, 6) is 0.0407. The zero-order valence-electron chi connectivity index (χ0n) is 30.8. The van der Waals surface area contributed by atoms with E-state index in [1.165, 1.54) is 23.3 Å². The van der Waals surface area contributed by atoms with Crippen molar-refractivity contribution in [3.8, 4) is 11.5 Å². The largest absolute Gasteiger partial charge is 0.508 e. The number of ether oxygens (including phenoxy) is 1. The van der Waals surface area contributed by atoms with E-state index >= 15 is 0 Å². The van der Waals surface area contributed by atoms with E-state index < -0.39 is 17.9 Å². The number of aromatic hydroxyl groups is 1. The van der Waals surface area contributed by atoms with Crippen LogP contribution < -0.4 is 15.0 Å². The zero-order valence-corrected chi connectivity index (χ0v) is 30.8. The van der Waals surface area contributed by atoms with E-state index in [0.717, 1.165) is 85.9 Å². The standard InChI is InChI=1S/C45H45FN4O5/c1-28-4-19-40(42(52)47-28)50-43(53)38-17-12-33(23-39(38)44(50)54)49-26-45(27-49)24-48(25-45)20-2-3-21-55-35-14-7-30(8-15-35)41-36(29-5-10-32(46)11-6-29)16-9-31-22-34(51)13-18-37(31)41/h5-8,10-15,17-18,22-23,36,40-41,51H,1-4,9,16,19-21,24-27H2,(H,47,52)/t36-,40?,41+/m0/s1. The molecule has 4 aliphatic heterocycles. The van der Waals surface area contributed by atoms with Gasteiger partial charge in [0, 0.05) is 48.9 Å². The maximum absolute atomic E-state index is 13.8. The van der Waals surface area contributed by atoms with Gasteiger partial charge >= 0.3 is 0 Å². The molecule has 9 nitrogen and oxygen atoms in total. The molecule has 0 saturated carbocycles. The van der Waals surface area contributed by atoms with Gasteiger partial charge in [-0.3, -0.25) is 19.3 Å². The van der Waals surface area contributed by atoms with Crippen molar-refractivity contribution in [1.82, 2.24) is 15.1 Å². The third-order valence-electron chi connectivity index (χ3n) is 12.3. The van der Waals surface area contributed by atoms with Crippen LogP contribution in [0.4, 0.5) is 10.1 Å². The summed E-state index contributed by atoms with van der Waals surface area (Å²) >= 11 is 0. The van der Waals surface area contributed by atoms with E-state index in [1.807, 2.05) is 48.5 Å². The van der Waals surface area contributed by atoms with Gasteiger partial charge in [-0.2, -0.15) is 0 Å². The summed E-state index contributed by atoms with van der Waals surface area (Å²) in [5.41, 5.74) is 7.22. The number of benzene rings is 4. The van der Waals surface area contributed by atoms with Crippen LogP contribution in [0.5, 0.6) is 11.5 Å². The molecule has 0 aromatic heterocycles. The fraction of sp³-hybridized carbons (Fsp3) is 0.356. The van der Waals surface area contributed by atoms with Gasteiger partial charge in [-0.25, -0.2) is 4.39 Å². The van der Waals surface area contributed by atoms with E-state index in [4.69, 9.17) is 4.74 Å². The second kappa shape index (κ2) is 14.0. The number of halogens is 1. The van der Waals surface area contributed by atoms with Gasteiger partial charge in [-0.1, -0.05) is 36.9 Å². The molecule has 4 aromatic carbocycles. The zero-order chi connectivity index (χ0) is 37.8. The third-order valence-corrected chi connectivity index (χ3v) is 12.3. The van der Waals surface area contributed by atoms with Gasteiger partial charge < -0.3 is 25.0 Å². The monoisotopic (exact) mass is 740 g/mol. The van der Waals surface area contributed by atoms with Gasteiger partial charge in [0.2, 0.25) is 5.91 Å². The molecule has 10 heteroatoms. The van der Waals surface area contributed by atoms with Crippen molar-refractivity contribution in [2.24, 2.45) is 5.41 Å². The number of nitrogens with one attached hydrogen (secondary N) is 1. The number of phenolic OH excluding ortho intramolecular Hbond substituents is 1. The first kappa shape index (κ1) is 35.2. The third kappa shape index (κ3) is 6.56. The molecular weight excluding hydrogens is 696 g/mol. The second-order valence-electron chi connectivity index (χ2n) is 16.1. The SMILES string of the molecule is C=C1CCC(N2C(=O)c3ccc(N4CC5(CN(CCCCOc6ccc([C@H]7c8ccc(O)cc8CC[C@H]7c7ccc(F)cc7)cc6)C5)C4)cc3C2=O)C(=O)N1. The number of phenols is 1. The average molecular weight is 741 g/mol. The number of hydrogen-bond acceptors (Lipinski definition) is 7. The van der Waals surface area contributed by atoms with Gasteiger partial charge in [0.15, 0.2) is 0 Å². The molecule has 2 N–H and O–H groups in total. The minimum absolute atomic E-state index is 0.0967. The summed E-state index contributed by atoms with van der Waals surface area (Å²) in [5, 5.41) is 12.8. The van der Waals surface area contributed by atoms with Crippen molar-refractivity contribution < 1.29 is 28.6 Å². The number of amides is 3. The lowest BCUT2D eigenvalue weighted by Crippen LogP contribution is -2.72. The smallest absolute Gasteiger partial charge is 0.262 e. The molecule has 3 atom stereocenters. The molecule has 4 aromatic rings. The van der Waals surface area contributed by atoms with Crippen LogP contribution in [0.15, 0.2) is 97.2 Å². The number of hydrogen-bond donors (Lipinski definition) is 2. The lowest BCUT2D eigenvalue weighted by atomic mass is 9.69. The Labute approximate surface area is 320 Å². The predicted molar refractivity (Wildman–Crippen MR) is 207 cm³/mol. The number of carbonyl (C=O) groups is 3. The molecule has 0 radical (unpaired) electrons. The van der Waals surface area contributed by atoms with Crippen molar-refractivity contribution in [2.75, 3.05) is 44.2 Å². The Kier molecular flexibility index (Phi) is 8.96. The summed E-state index contributed by atoms with van der Waals surface area (Å²) in [4.78, 5) is 44.9. The molecule has 3 saturated heterocycles. The first-order valence-electron chi connectivity index (χ1n) is 19.4. The lowest BCUT2D eigenvalue weighted by molar-refractivity contribution is -0.125. The predicted octanol–water partition coefficient (Wildman–Crippen LogP) is 6.76. The highest BCUT2D eigenvalue weighted by Crippen LogP contribution is 2.47. The van der Waals surface area contributed by atoms with Crippen LogP contribution in [0, 0.1) is 11.2 Å². The van der Waals surface area contributed by atoms with Crippen LogP contribution in [-0.4, -0.2) is 78.0 Å². The van der Waals surface area contributed by atoms with E-state index in [0.29, 0.717) is 36.3 Å². The molecule has 1 aliphatic carbocycles. The number of allylic oxidation sites excluding steroid dienone is 1. The van der Waals surface area contributed by atoms with Gasteiger partial charge in [0.25, 0.3) is 11.8 Å². The van der Waals surface area contributed by atoms with E-state index in [1.54, 1.807) is 12.1 Å². The number of unbranched alkanes of at least 4 members (excludes halogenated alkanes) is 1. The summed E-state index contributed by atoms with van der Waals surface area (Å²) in [6.45, 7) is 9.40. The molecule has 1 spiro atoms. The summed E-state index contributed by atoms with van der Waals surface area (Å²) in [6.07, 6.45) is 4.72. The number of nitrogens with zero attached hydrogens (tertiary/aromatic N) is 3. The number of imide groups is 1. The second-order valence-corrected chi connectivity index (χ2v) is 16.1. The number of aryl methyl sites for hydroxylation is 1. The van der Waals surface area contributed by atoms with Gasteiger partial charge in [-0.15, -0.1) is 0 Å². The Hall–Kier alpha value is -5.48. The average Bonchev–Trinajstić information content (AvgIpc) is 3.39. The number of carbonyl (C=O) groups excluding carboxylic acids is 3. The van der Waals surface area contributed by atoms with Crippen LogP contribution in [-0.2, 0) is 11.2 Å². The molecule has 4 heterocycles. The highest BCUT2D eigenvalue weighted by atomic mass is 19.1. The molecule has 1 unspecified atom stereocenters. The Bertz CT molecular complexity index is 2170. The quantitative estimate of drug-likeness (QED) is 0.137. The molecular formula is C45H45FN4O5. The van der Waals surface area contributed by atoms with Crippen molar-refractivity contribution in [3.05, 3.63) is 136 Å². The maximum atomic E-state index is 13.8. The van der Waals surface area contributed by atoms with Gasteiger partial charge in [0.1, 0.15) is 23.4 Å². The van der Waals surface area contributed by atoms with Crippen molar-refractivity contribution in [2.45, 2.75) is 56.4 Å². The number of likely N-dealkylation sites (tertiary alicyclic amines) is 1. The maximum Gasteiger partial charge on any atom is 0.262 e. The summed E-state index contributed by atoms with van der Waals surface area (Å²) in [7, 11) is 0. The molecule has 0 bridgehead atoms. The lowest BCUT2D eigenvalue weighted by Gasteiger charge is -2.61. The number of rotatable bonds is 10. The topological polar surface area (TPSA) is 102 Å². The molecule has 9 rings (SSSR count). The van der Waals surface area contributed by atoms with Crippen LogP contribution in [0.3, 0.4) is 0 Å². The normalized spacial score (nSPS) is 22.9. The summed E-state index contributed by atoms with van der Waals surface area (Å²) < 4.78 is 19.9. The molecule has 3 fully saturated rings. The number of anilines is 1. The van der Waals surface area contributed by atoms with Crippen LogP contribution in [0.1, 0.15) is 86.9 Å². The fourth-order valence-corrected chi connectivity index (χ4v) is 9.63. The highest BCUT2D eigenvalue weighted by molar-refractivity contribution is 6.23. The first-order chi connectivity index (χ1) is 26.6. The minimum Gasteiger partial charge on any atom is -0.508 e. The number of piperidine rings is 1. The van der Waals surface area contributed by atoms with Crippen molar-refractivity contribution in [3.63, 3.8) is 0 Å². The van der Waals surface area contributed by atoms with E-state index in [-0.39, 0.29) is 34.7 Å². The van der Waals surface area contributed by atoms with Crippen LogP contribution >= 0.6 is 0 Å². The van der Waals surface area contributed by atoms with Crippen LogP contribution in [0.2, 0.25) is 0 Å². The molecule has 3 amide bonds. The molecule has 282 valence electrons. The molecule has 5 aliphatic rings. The highest BCUT2D eigenvalue weighted by Gasteiger charge is 2.52. The summed E-state index contributed by atoms with van der Waals surface area (Å²) in [6, 6.07) is 25.6. The Morgan fingerprint density at radius 1 is 0.818 bits per heavy atom. The van der Waals surface area contributed by atoms with Gasteiger partial charge in [0.05, 0.1) is 17.7 Å². The van der Waals surface area contributed by atoms with E-state index in [2.05, 4.69) is 33.8 Å². The minimum atomic E-state index is -0.805. The molecule has 55 heavy (non-hydrogen) atoms. The van der Waals surface area contributed by atoms with Crippen LogP contribution in [0.25, 0.3) is 0 Å². The van der Waals surface area contributed by atoms with E-state index in [9.17, 15) is 23.9 Å².